The first-order valence-corrected chi connectivity index (χ1v) is 6.27. The Hall–Kier alpha value is -3.08. The number of para-hydroxylation sites is 1. The van der Waals surface area contributed by atoms with E-state index in [-0.39, 0.29) is 0 Å². The van der Waals surface area contributed by atoms with Gasteiger partial charge in [0.15, 0.2) is 0 Å². The van der Waals surface area contributed by atoms with Crippen LogP contribution in [-0.2, 0) is 9.59 Å². The summed E-state index contributed by atoms with van der Waals surface area (Å²) in [7, 11) is 0. The summed E-state index contributed by atoms with van der Waals surface area (Å²) in [6, 6.07) is 12.9. The molecule has 0 spiro atoms. The van der Waals surface area contributed by atoms with Gasteiger partial charge in [0.1, 0.15) is 11.2 Å². The molecular weight excluding hydrogens is 270 g/mol. The molecule has 3 rings (SSSR count). The summed E-state index contributed by atoms with van der Waals surface area (Å²) in [4.78, 5) is 21.9. The number of furan rings is 1. The van der Waals surface area contributed by atoms with Gasteiger partial charge in [0, 0.05) is 28.6 Å². The fourth-order valence-electron chi connectivity index (χ4n) is 2.13. The van der Waals surface area contributed by atoms with Gasteiger partial charge in [-0.2, -0.15) is 0 Å². The molecule has 0 fully saturated rings. The minimum atomic E-state index is -1.17. The highest BCUT2D eigenvalue weighted by Crippen LogP contribution is 2.30. The summed E-state index contributed by atoms with van der Waals surface area (Å²) in [6.07, 6.45) is 1.76. The second-order valence-corrected chi connectivity index (χ2v) is 4.47. The van der Waals surface area contributed by atoms with Crippen molar-refractivity contribution in [3.8, 4) is 0 Å². The van der Waals surface area contributed by atoms with Gasteiger partial charge < -0.3 is 14.8 Å². The van der Waals surface area contributed by atoms with Crippen molar-refractivity contribution in [2.45, 2.75) is 0 Å². The topological polar surface area (TPSA) is 79.5 Å². The van der Waals surface area contributed by atoms with E-state index in [2.05, 4.69) is 5.32 Å². The number of aliphatic carboxylic acids is 1. The Kier molecular flexibility index (Phi) is 3.16. The van der Waals surface area contributed by atoms with E-state index in [1.165, 1.54) is 0 Å². The SMILES string of the molecule is O=C(O)/C=C/C(=O)Nc1ccc2oc3ccccc3c2c1. The van der Waals surface area contributed by atoms with Gasteiger partial charge in [0.2, 0.25) is 5.91 Å². The second kappa shape index (κ2) is 5.13. The molecule has 0 bridgehead atoms. The lowest BCUT2D eigenvalue weighted by molar-refractivity contribution is -0.131. The summed E-state index contributed by atoms with van der Waals surface area (Å²) in [5, 5.41) is 13.0. The van der Waals surface area contributed by atoms with Gasteiger partial charge in [-0.05, 0) is 24.3 Å². The number of carbonyl (C=O) groups excluding carboxylic acids is 1. The van der Waals surface area contributed by atoms with Crippen LogP contribution in [0.5, 0.6) is 0 Å². The smallest absolute Gasteiger partial charge is 0.328 e. The van der Waals surface area contributed by atoms with E-state index in [4.69, 9.17) is 9.52 Å². The van der Waals surface area contributed by atoms with E-state index in [1.54, 1.807) is 18.2 Å². The molecule has 5 nitrogen and oxygen atoms in total. The maximum absolute atomic E-state index is 11.6. The molecule has 0 atom stereocenters. The summed E-state index contributed by atoms with van der Waals surface area (Å²) in [5.74, 6) is -1.66. The van der Waals surface area contributed by atoms with E-state index < -0.39 is 11.9 Å². The molecule has 2 N–H and O–H groups in total. The highest BCUT2D eigenvalue weighted by molar-refractivity contribution is 6.08. The number of fused-ring (bicyclic) bond motifs is 3. The van der Waals surface area contributed by atoms with Crippen molar-refractivity contribution < 1.29 is 19.1 Å². The van der Waals surface area contributed by atoms with Crippen molar-refractivity contribution in [1.82, 2.24) is 0 Å². The normalized spacial score (nSPS) is 11.2. The fraction of sp³-hybridized carbons (Fsp3) is 0. The van der Waals surface area contributed by atoms with Crippen molar-refractivity contribution in [1.29, 1.82) is 0 Å². The first kappa shape index (κ1) is 12.9. The van der Waals surface area contributed by atoms with Gasteiger partial charge in [-0.3, -0.25) is 4.79 Å². The van der Waals surface area contributed by atoms with Crippen LogP contribution in [0.3, 0.4) is 0 Å². The molecule has 1 heterocycles. The van der Waals surface area contributed by atoms with Crippen LogP contribution in [0, 0.1) is 0 Å². The predicted molar refractivity (Wildman–Crippen MR) is 79.1 cm³/mol. The number of benzene rings is 2. The van der Waals surface area contributed by atoms with Gasteiger partial charge >= 0.3 is 5.97 Å². The zero-order valence-electron chi connectivity index (χ0n) is 10.9. The van der Waals surface area contributed by atoms with Crippen LogP contribution in [0.4, 0.5) is 5.69 Å². The van der Waals surface area contributed by atoms with Crippen LogP contribution in [0.1, 0.15) is 0 Å². The predicted octanol–water partition coefficient (Wildman–Crippen LogP) is 3.17. The van der Waals surface area contributed by atoms with Crippen molar-refractivity contribution in [2.75, 3.05) is 5.32 Å². The summed E-state index contributed by atoms with van der Waals surface area (Å²) in [5.41, 5.74) is 2.09. The monoisotopic (exact) mass is 281 g/mol. The molecule has 21 heavy (non-hydrogen) atoms. The van der Waals surface area contributed by atoms with Crippen LogP contribution < -0.4 is 5.32 Å². The molecule has 0 unspecified atom stereocenters. The van der Waals surface area contributed by atoms with Crippen LogP contribution in [0.25, 0.3) is 21.9 Å². The summed E-state index contributed by atoms with van der Waals surface area (Å²) in [6.45, 7) is 0. The van der Waals surface area contributed by atoms with Crippen LogP contribution in [0.15, 0.2) is 59.0 Å². The van der Waals surface area contributed by atoms with Crippen molar-refractivity contribution >= 4 is 39.5 Å². The molecule has 0 saturated heterocycles. The zero-order chi connectivity index (χ0) is 14.8. The average Bonchev–Trinajstić information content (AvgIpc) is 2.83. The lowest BCUT2D eigenvalue weighted by Gasteiger charge is -2.01. The number of anilines is 1. The third kappa shape index (κ3) is 2.62. The van der Waals surface area contributed by atoms with Gasteiger partial charge in [0.25, 0.3) is 0 Å². The third-order valence-electron chi connectivity index (χ3n) is 3.02. The summed E-state index contributed by atoms with van der Waals surface area (Å²) >= 11 is 0. The van der Waals surface area contributed by atoms with Crippen molar-refractivity contribution in [2.24, 2.45) is 0 Å². The fourth-order valence-corrected chi connectivity index (χ4v) is 2.13. The molecular formula is C16H11NO4. The van der Waals surface area contributed by atoms with E-state index >= 15 is 0 Å². The molecule has 1 aromatic heterocycles. The molecule has 0 radical (unpaired) electrons. The molecule has 0 aliphatic heterocycles. The number of carboxylic acid groups (broad SMARTS) is 1. The molecule has 0 saturated carbocycles. The number of hydrogen-bond acceptors (Lipinski definition) is 3. The number of rotatable bonds is 3. The average molecular weight is 281 g/mol. The van der Waals surface area contributed by atoms with E-state index in [0.29, 0.717) is 5.69 Å². The van der Waals surface area contributed by atoms with Crippen LogP contribution in [-0.4, -0.2) is 17.0 Å². The van der Waals surface area contributed by atoms with Crippen LogP contribution >= 0.6 is 0 Å². The Morgan fingerprint density at radius 3 is 2.57 bits per heavy atom. The first-order valence-electron chi connectivity index (χ1n) is 6.27. The van der Waals surface area contributed by atoms with E-state index in [9.17, 15) is 9.59 Å². The minimum absolute atomic E-state index is 0.496. The Balaban J connectivity index is 1.95. The Labute approximate surface area is 119 Å². The highest BCUT2D eigenvalue weighted by Gasteiger charge is 2.07. The Morgan fingerprint density at radius 1 is 1.00 bits per heavy atom. The molecule has 5 heteroatoms. The van der Waals surface area contributed by atoms with Crippen molar-refractivity contribution in [3.63, 3.8) is 0 Å². The zero-order valence-corrected chi connectivity index (χ0v) is 10.9. The lowest BCUT2D eigenvalue weighted by atomic mass is 10.1. The number of hydrogen-bond donors (Lipinski definition) is 2. The third-order valence-corrected chi connectivity index (χ3v) is 3.02. The molecule has 104 valence electrons. The largest absolute Gasteiger partial charge is 0.478 e. The van der Waals surface area contributed by atoms with Gasteiger partial charge in [0.05, 0.1) is 0 Å². The number of carbonyl (C=O) groups is 2. The molecule has 1 amide bonds. The maximum atomic E-state index is 11.6. The molecule has 0 aliphatic carbocycles. The number of carboxylic acids is 1. The molecule has 2 aromatic carbocycles. The standard InChI is InChI=1S/C16H11NO4/c18-15(7-8-16(19)20)17-10-5-6-14-12(9-10)11-3-1-2-4-13(11)21-14/h1-9H,(H,17,18)(H,19,20)/b8-7+. The molecule has 3 aromatic rings. The number of nitrogens with one attached hydrogen (secondary N) is 1. The maximum Gasteiger partial charge on any atom is 0.328 e. The molecule has 0 aliphatic rings. The van der Waals surface area contributed by atoms with Crippen molar-refractivity contribution in [3.05, 3.63) is 54.6 Å². The minimum Gasteiger partial charge on any atom is -0.478 e. The van der Waals surface area contributed by atoms with Gasteiger partial charge in [-0.25, -0.2) is 4.79 Å². The Bertz CT molecular complexity index is 876. The summed E-state index contributed by atoms with van der Waals surface area (Å²) < 4.78 is 5.69. The van der Waals surface area contributed by atoms with E-state index in [1.807, 2.05) is 24.3 Å². The lowest BCUT2D eigenvalue weighted by Crippen LogP contribution is -2.08. The number of amides is 1. The van der Waals surface area contributed by atoms with Crippen LogP contribution in [0.2, 0.25) is 0 Å². The van der Waals surface area contributed by atoms with E-state index in [0.717, 1.165) is 34.1 Å². The van der Waals surface area contributed by atoms with Gasteiger partial charge in [-0.15, -0.1) is 0 Å². The second-order valence-electron chi connectivity index (χ2n) is 4.47. The highest BCUT2D eigenvalue weighted by atomic mass is 16.4. The quantitative estimate of drug-likeness (QED) is 0.723. The van der Waals surface area contributed by atoms with Gasteiger partial charge in [-0.1, -0.05) is 18.2 Å². The Morgan fingerprint density at radius 2 is 1.76 bits per heavy atom. The first-order chi connectivity index (χ1) is 10.1.